The molecule has 1 N–H and O–H groups in total. The van der Waals surface area contributed by atoms with Crippen LogP contribution in [0.4, 0.5) is 0 Å². The largest absolute Gasteiger partial charge is 0.457 e. The van der Waals surface area contributed by atoms with Gasteiger partial charge in [0.15, 0.2) is 0 Å². The van der Waals surface area contributed by atoms with Crippen LogP contribution in [-0.2, 0) is 20.9 Å². The molecule has 4 aliphatic heterocycles. The summed E-state index contributed by atoms with van der Waals surface area (Å²) in [6, 6.07) is 3.66. The highest BCUT2D eigenvalue weighted by Crippen LogP contribution is 2.43. The zero-order valence-corrected chi connectivity index (χ0v) is 19.0. The summed E-state index contributed by atoms with van der Waals surface area (Å²) in [6.45, 7) is 9.14. The molecule has 7 heteroatoms. The minimum absolute atomic E-state index is 0.176. The Morgan fingerprint density at radius 1 is 0.969 bits per heavy atom. The average molecular weight is 441 g/mol. The first kappa shape index (κ1) is 21.5. The minimum Gasteiger partial charge on any atom is -0.457 e. The molecule has 1 spiro atoms. The zero-order valence-electron chi connectivity index (χ0n) is 19.0. The van der Waals surface area contributed by atoms with Gasteiger partial charge in [-0.3, -0.25) is 0 Å². The van der Waals surface area contributed by atoms with E-state index in [1.165, 1.54) is 0 Å². The number of carbonyl (C=O) groups excluding carboxylic acids is 2. The van der Waals surface area contributed by atoms with Gasteiger partial charge < -0.3 is 24.4 Å². The average Bonchev–Trinajstić information content (AvgIpc) is 3.34. The van der Waals surface area contributed by atoms with Crippen LogP contribution >= 0.6 is 0 Å². The van der Waals surface area contributed by atoms with Crippen molar-refractivity contribution in [2.75, 3.05) is 39.3 Å². The van der Waals surface area contributed by atoms with E-state index in [1.807, 2.05) is 19.9 Å². The van der Waals surface area contributed by atoms with Gasteiger partial charge in [0, 0.05) is 25.2 Å². The van der Waals surface area contributed by atoms with Crippen LogP contribution in [0.5, 0.6) is 0 Å². The number of ether oxygens (including phenoxy) is 2. The number of esters is 2. The van der Waals surface area contributed by atoms with Crippen LogP contribution in [-0.4, -0.2) is 66.2 Å². The second kappa shape index (κ2) is 8.19. The second-order valence-corrected chi connectivity index (χ2v) is 9.83. The van der Waals surface area contributed by atoms with Gasteiger partial charge in [0.25, 0.3) is 0 Å². The first-order valence-corrected chi connectivity index (χ1v) is 11.7. The Hall–Kier alpha value is -2.38. The van der Waals surface area contributed by atoms with E-state index >= 15 is 0 Å². The van der Waals surface area contributed by atoms with Gasteiger partial charge in [-0.25, -0.2) is 9.59 Å². The summed E-state index contributed by atoms with van der Waals surface area (Å²) in [5.74, 6) is -0.445. The Balaban J connectivity index is 1.16. The van der Waals surface area contributed by atoms with E-state index < -0.39 is 6.10 Å². The van der Waals surface area contributed by atoms with Gasteiger partial charge in [0.05, 0.1) is 22.9 Å². The molecule has 0 amide bonds. The molecule has 1 unspecified atom stereocenters. The number of likely N-dealkylation sites (tertiary alicyclic amines) is 2. The molecule has 0 saturated carbocycles. The fraction of sp³-hybridized carbons (Fsp3) is 0.600. The van der Waals surface area contributed by atoms with E-state index in [-0.39, 0.29) is 11.9 Å². The van der Waals surface area contributed by atoms with Gasteiger partial charge in [-0.1, -0.05) is 6.07 Å². The number of β-amino-alcohol motifs (C(OH)–C–C–N with tert-alkyl or cyclic N) is 1. The molecule has 0 aliphatic carbocycles. The molecule has 2 fully saturated rings. The lowest BCUT2D eigenvalue weighted by atomic mass is 9.71. The molecule has 5 rings (SSSR count). The summed E-state index contributed by atoms with van der Waals surface area (Å²) in [6.07, 6.45) is 4.01. The van der Waals surface area contributed by atoms with Crippen molar-refractivity contribution in [2.45, 2.75) is 52.2 Å². The molecule has 172 valence electrons. The first-order valence-electron chi connectivity index (χ1n) is 11.7. The van der Waals surface area contributed by atoms with Gasteiger partial charge in [-0.2, -0.15) is 0 Å². The molecule has 32 heavy (non-hydrogen) atoms. The molecule has 1 atom stereocenters. The van der Waals surface area contributed by atoms with E-state index in [1.54, 1.807) is 6.07 Å². The van der Waals surface area contributed by atoms with Crippen molar-refractivity contribution in [2.24, 2.45) is 5.41 Å². The van der Waals surface area contributed by atoms with Crippen LogP contribution < -0.4 is 0 Å². The van der Waals surface area contributed by atoms with Gasteiger partial charge in [-0.05, 0) is 75.2 Å². The van der Waals surface area contributed by atoms with Gasteiger partial charge >= 0.3 is 11.9 Å². The Morgan fingerprint density at radius 2 is 1.62 bits per heavy atom. The monoisotopic (exact) mass is 440 g/mol. The molecule has 0 aromatic heterocycles. The van der Waals surface area contributed by atoms with Gasteiger partial charge in [-0.15, -0.1) is 0 Å². The molecule has 0 radical (unpaired) electrons. The summed E-state index contributed by atoms with van der Waals surface area (Å²) in [5.41, 5.74) is 5.62. The molecular weight excluding hydrogens is 408 g/mol. The maximum absolute atomic E-state index is 11.8. The summed E-state index contributed by atoms with van der Waals surface area (Å²) >= 11 is 0. The highest BCUT2D eigenvalue weighted by molar-refractivity contribution is 5.94. The summed E-state index contributed by atoms with van der Waals surface area (Å²) in [5, 5.41) is 10.9. The number of benzene rings is 1. The van der Waals surface area contributed by atoms with E-state index in [0.717, 1.165) is 79.8 Å². The number of carbonyl (C=O) groups is 2. The topological polar surface area (TPSA) is 79.3 Å². The maximum Gasteiger partial charge on any atom is 0.338 e. The van der Waals surface area contributed by atoms with Crippen molar-refractivity contribution in [3.8, 4) is 0 Å². The smallest absolute Gasteiger partial charge is 0.338 e. The third-order valence-electron chi connectivity index (χ3n) is 8.20. The SMILES string of the molecule is CC1=C(N2CCC3(CCN(CC(O)c4ccc5c(c4C)COC5=O)CC3)CC2)COC1=O. The van der Waals surface area contributed by atoms with Crippen LogP contribution in [0.15, 0.2) is 23.4 Å². The molecule has 2 saturated heterocycles. The molecule has 0 bridgehead atoms. The lowest BCUT2D eigenvalue weighted by molar-refractivity contribution is -0.136. The van der Waals surface area contributed by atoms with Crippen LogP contribution in [0.3, 0.4) is 0 Å². The molecule has 1 aromatic rings. The predicted octanol–water partition coefficient (Wildman–Crippen LogP) is 2.71. The fourth-order valence-corrected chi connectivity index (χ4v) is 5.83. The van der Waals surface area contributed by atoms with Gasteiger partial charge in [0.2, 0.25) is 0 Å². The quantitative estimate of drug-likeness (QED) is 0.721. The summed E-state index contributed by atoms with van der Waals surface area (Å²) in [4.78, 5) is 28.2. The highest BCUT2D eigenvalue weighted by atomic mass is 16.5. The second-order valence-electron chi connectivity index (χ2n) is 9.83. The molecule has 4 aliphatic rings. The normalized spacial score (nSPS) is 24.0. The first-order chi connectivity index (χ1) is 15.4. The highest BCUT2D eigenvalue weighted by Gasteiger charge is 2.39. The predicted molar refractivity (Wildman–Crippen MR) is 118 cm³/mol. The number of cyclic esters (lactones) is 2. The van der Waals surface area contributed by atoms with Gasteiger partial charge in [0.1, 0.15) is 13.2 Å². The number of nitrogens with zero attached hydrogens (tertiary/aromatic N) is 2. The number of hydrogen-bond donors (Lipinski definition) is 1. The third-order valence-corrected chi connectivity index (χ3v) is 8.20. The fourth-order valence-electron chi connectivity index (χ4n) is 5.83. The molecule has 7 nitrogen and oxygen atoms in total. The standard InChI is InChI=1S/C25H32N2O5/c1-16-18(3-4-19-20(16)14-31-24(19)30)22(28)13-26-9-5-25(6-10-26)7-11-27(12-8-25)21-15-32-23(29)17(21)2/h3-4,22,28H,5-15H2,1-2H3. The zero-order chi connectivity index (χ0) is 22.5. The Morgan fingerprint density at radius 3 is 2.28 bits per heavy atom. The molecular formula is C25H32N2O5. The van der Waals surface area contributed by atoms with E-state index in [2.05, 4.69) is 9.80 Å². The van der Waals surface area contributed by atoms with E-state index in [4.69, 9.17) is 9.47 Å². The summed E-state index contributed by atoms with van der Waals surface area (Å²) in [7, 11) is 0. The van der Waals surface area contributed by atoms with E-state index in [9.17, 15) is 14.7 Å². The van der Waals surface area contributed by atoms with Crippen LogP contribution in [0.25, 0.3) is 0 Å². The lowest BCUT2D eigenvalue weighted by Crippen LogP contribution is -2.47. The third kappa shape index (κ3) is 3.71. The number of rotatable bonds is 4. The molecule has 1 aromatic carbocycles. The van der Waals surface area contributed by atoms with E-state index in [0.29, 0.717) is 30.7 Å². The lowest BCUT2D eigenvalue weighted by Gasteiger charge is -2.48. The van der Waals surface area contributed by atoms with Crippen molar-refractivity contribution in [3.05, 3.63) is 45.7 Å². The summed E-state index contributed by atoms with van der Waals surface area (Å²) < 4.78 is 10.3. The number of aliphatic hydroxyl groups excluding tert-OH is 1. The molecule has 4 heterocycles. The number of hydrogen-bond acceptors (Lipinski definition) is 7. The number of aliphatic hydroxyl groups is 1. The van der Waals surface area contributed by atoms with Crippen molar-refractivity contribution in [3.63, 3.8) is 0 Å². The number of fused-ring (bicyclic) bond motifs is 1. The Labute approximate surface area is 189 Å². The van der Waals surface area contributed by atoms with Crippen molar-refractivity contribution >= 4 is 11.9 Å². The van der Waals surface area contributed by atoms with Crippen LogP contribution in [0.2, 0.25) is 0 Å². The van der Waals surface area contributed by atoms with Crippen molar-refractivity contribution in [1.29, 1.82) is 0 Å². The number of piperidine rings is 2. The van der Waals surface area contributed by atoms with Crippen LogP contribution in [0, 0.1) is 12.3 Å². The Bertz CT molecular complexity index is 967. The van der Waals surface area contributed by atoms with Crippen LogP contribution in [0.1, 0.15) is 65.8 Å². The minimum atomic E-state index is -0.568. The Kier molecular flexibility index (Phi) is 5.50. The van der Waals surface area contributed by atoms with Crippen molar-refractivity contribution in [1.82, 2.24) is 9.80 Å². The maximum atomic E-state index is 11.8. The van der Waals surface area contributed by atoms with Crippen molar-refractivity contribution < 1.29 is 24.2 Å².